The molecular weight excluding hydrogens is 560 g/mol. The number of esters is 1. The van der Waals surface area contributed by atoms with Crippen molar-refractivity contribution in [3.63, 3.8) is 0 Å². The van der Waals surface area contributed by atoms with Crippen LogP contribution in [0.2, 0.25) is 0 Å². The van der Waals surface area contributed by atoms with Crippen molar-refractivity contribution >= 4 is 39.4 Å². The molecular formula is C30H22N4O7S. The molecule has 0 aliphatic heterocycles. The number of hydrogen-bond donors (Lipinski definition) is 1. The number of carbonyl (C=O) groups is 2. The van der Waals surface area contributed by atoms with Crippen LogP contribution in [0.5, 0.6) is 11.5 Å². The maximum atomic E-state index is 12.8. The number of methoxy groups -OCH3 is 2. The molecule has 6 rings (SSSR count). The molecule has 0 radical (unpaired) electrons. The molecule has 4 heterocycles. The zero-order chi connectivity index (χ0) is 29.1. The largest absolute Gasteiger partial charge is 0.493 e. The summed E-state index contributed by atoms with van der Waals surface area (Å²) in [4.78, 5) is 39.1. The highest BCUT2D eigenvalue weighted by Crippen LogP contribution is 2.34. The van der Waals surface area contributed by atoms with E-state index in [1.54, 1.807) is 80.5 Å². The molecule has 42 heavy (non-hydrogen) atoms. The third kappa shape index (κ3) is 5.43. The van der Waals surface area contributed by atoms with Crippen LogP contribution in [0.4, 0.5) is 5.13 Å². The Hall–Kier alpha value is -5.49. The number of benzene rings is 2. The van der Waals surface area contributed by atoms with Gasteiger partial charge in [-0.15, -0.1) is 11.3 Å². The van der Waals surface area contributed by atoms with E-state index in [9.17, 15) is 9.59 Å². The molecule has 6 aromatic rings. The lowest BCUT2D eigenvalue weighted by atomic mass is 10.1. The van der Waals surface area contributed by atoms with E-state index in [1.807, 2.05) is 6.07 Å². The lowest BCUT2D eigenvalue weighted by Gasteiger charge is -2.08. The quantitative estimate of drug-likeness (QED) is 0.199. The van der Waals surface area contributed by atoms with Gasteiger partial charge in [0.15, 0.2) is 34.8 Å². The number of fused-ring (bicyclic) bond motifs is 1. The lowest BCUT2D eigenvalue weighted by Crippen LogP contribution is -2.20. The third-order valence-corrected chi connectivity index (χ3v) is 6.93. The molecule has 0 spiro atoms. The second kappa shape index (κ2) is 11.6. The van der Waals surface area contributed by atoms with Gasteiger partial charge in [0, 0.05) is 10.9 Å². The first kappa shape index (κ1) is 26.7. The minimum Gasteiger partial charge on any atom is -0.493 e. The molecule has 12 heteroatoms. The molecule has 0 saturated carbocycles. The molecule has 0 bridgehead atoms. The Labute approximate surface area is 242 Å². The molecule has 2 aromatic carbocycles. The van der Waals surface area contributed by atoms with Crippen molar-refractivity contribution < 1.29 is 32.6 Å². The zero-order valence-corrected chi connectivity index (χ0v) is 23.1. The highest BCUT2D eigenvalue weighted by atomic mass is 32.1. The fourth-order valence-electron chi connectivity index (χ4n) is 4.18. The standard InChI is InChI=1S/C30H22N4O7S/c1-37-22-10-8-17(14-25(22)38-2)21-16-42-30(33-21)34-26(35)15-41-29(36)18-7-9-19-20(13-18)32-28(24-6-4-12-40-24)27(31-19)23-5-3-11-39-23/h3-14,16H,15H2,1-2H3,(H,33,34,35). The fraction of sp³-hybridized carbons (Fsp3) is 0.100. The van der Waals surface area contributed by atoms with Crippen LogP contribution in [0.1, 0.15) is 10.4 Å². The second-order valence-electron chi connectivity index (χ2n) is 8.81. The van der Waals surface area contributed by atoms with Crippen molar-refractivity contribution in [1.82, 2.24) is 15.0 Å². The van der Waals surface area contributed by atoms with E-state index in [2.05, 4.69) is 15.3 Å². The number of nitrogens with zero attached hydrogens (tertiary/aromatic N) is 3. The Morgan fingerprint density at radius 3 is 2.21 bits per heavy atom. The minimum absolute atomic E-state index is 0.214. The molecule has 0 saturated heterocycles. The Bertz CT molecular complexity index is 1880. The molecule has 1 amide bonds. The highest BCUT2D eigenvalue weighted by molar-refractivity contribution is 7.14. The average molecular weight is 583 g/mol. The number of aromatic nitrogens is 3. The van der Waals surface area contributed by atoms with Crippen LogP contribution >= 0.6 is 11.3 Å². The van der Waals surface area contributed by atoms with Crippen LogP contribution in [0.15, 0.2) is 87.4 Å². The number of carbonyl (C=O) groups excluding carboxylic acids is 2. The Morgan fingerprint density at radius 1 is 0.833 bits per heavy atom. The number of furan rings is 2. The van der Waals surface area contributed by atoms with E-state index < -0.39 is 18.5 Å². The molecule has 0 atom stereocenters. The van der Waals surface area contributed by atoms with Crippen LogP contribution in [-0.4, -0.2) is 47.7 Å². The fourth-order valence-corrected chi connectivity index (χ4v) is 4.92. The first-order valence-electron chi connectivity index (χ1n) is 12.6. The van der Waals surface area contributed by atoms with Crippen molar-refractivity contribution in [3.8, 4) is 45.7 Å². The summed E-state index contributed by atoms with van der Waals surface area (Å²) >= 11 is 1.24. The van der Waals surface area contributed by atoms with Crippen LogP contribution in [0.3, 0.4) is 0 Å². The lowest BCUT2D eigenvalue weighted by molar-refractivity contribution is -0.119. The summed E-state index contributed by atoms with van der Waals surface area (Å²) in [6.07, 6.45) is 3.09. The average Bonchev–Trinajstić information content (AvgIpc) is 3.82. The Balaban J connectivity index is 1.14. The van der Waals surface area contributed by atoms with E-state index in [1.165, 1.54) is 17.6 Å². The van der Waals surface area contributed by atoms with Gasteiger partial charge in [0.05, 0.1) is 49.0 Å². The van der Waals surface area contributed by atoms with Crippen molar-refractivity contribution in [3.05, 3.63) is 84.1 Å². The van der Waals surface area contributed by atoms with Crippen LogP contribution in [-0.2, 0) is 9.53 Å². The normalized spacial score (nSPS) is 10.9. The van der Waals surface area contributed by atoms with Crippen LogP contribution in [0, 0.1) is 0 Å². The number of thiazole rings is 1. The van der Waals surface area contributed by atoms with Gasteiger partial charge in [-0.1, -0.05) is 0 Å². The van der Waals surface area contributed by atoms with Crippen molar-refractivity contribution in [2.24, 2.45) is 0 Å². The SMILES string of the molecule is COc1ccc(-c2csc(NC(=O)COC(=O)c3ccc4nc(-c5ccco5)c(-c5ccco5)nc4c3)n2)cc1OC. The van der Waals surface area contributed by atoms with Gasteiger partial charge in [-0.25, -0.2) is 19.7 Å². The molecule has 210 valence electrons. The van der Waals surface area contributed by atoms with Gasteiger partial charge in [-0.05, 0) is 60.7 Å². The maximum absolute atomic E-state index is 12.8. The number of hydrogen-bond acceptors (Lipinski definition) is 11. The second-order valence-corrected chi connectivity index (χ2v) is 9.67. The van der Waals surface area contributed by atoms with Crippen molar-refractivity contribution in [2.45, 2.75) is 0 Å². The summed E-state index contributed by atoms with van der Waals surface area (Å²) in [6.45, 7) is -0.497. The maximum Gasteiger partial charge on any atom is 0.338 e. The van der Waals surface area contributed by atoms with E-state index in [-0.39, 0.29) is 5.56 Å². The highest BCUT2D eigenvalue weighted by Gasteiger charge is 2.19. The first-order chi connectivity index (χ1) is 20.5. The summed E-state index contributed by atoms with van der Waals surface area (Å²) in [5, 5.41) is 4.82. The van der Waals surface area contributed by atoms with E-state index in [4.69, 9.17) is 28.0 Å². The van der Waals surface area contributed by atoms with Crippen LogP contribution < -0.4 is 14.8 Å². The monoisotopic (exact) mass is 582 g/mol. The van der Waals surface area contributed by atoms with Gasteiger partial charge in [0.25, 0.3) is 5.91 Å². The number of nitrogens with one attached hydrogen (secondary N) is 1. The van der Waals surface area contributed by atoms with Gasteiger partial charge < -0.3 is 23.0 Å². The smallest absolute Gasteiger partial charge is 0.338 e. The molecule has 0 aliphatic rings. The molecule has 0 aliphatic carbocycles. The van der Waals surface area contributed by atoms with E-state index in [0.717, 1.165) is 5.56 Å². The van der Waals surface area contributed by atoms with Crippen molar-refractivity contribution in [2.75, 3.05) is 26.1 Å². The predicted molar refractivity (Wildman–Crippen MR) is 155 cm³/mol. The topological polar surface area (TPSA) is 139 Å². The molecule has 0 unspecified atom stereocenters. The van der Waals surface area contributed by atoms with Gasteiger partial charge in [0.2, 0.25) is 0 Å². The Kier molecular flexibility index (Phi) is 7.35. The summed E-state index contributed by atoms with van der Waals surface area (Å²) in [6, 6.07) is 17.2. The predicted octanol–water partition coefficient (Wildman–Crippen LogP) is 6.09. The minimum atomic E-state index is -0.686. The molecule has 11 nitrogen and oxygen atoms in total. The summed E-state index contributed by atoms with van der Waals surface area (Å²) < 4.78 is 27.0. The van der Waals surface area contributed by atoms with Crippen LogP contribution in [0.25, 0.3) is 45.2 Å². The van der Waals surface area contributed by atoms with Crippen molar-refractivity contribution in [1.29, 1.82) is 0 Å². The number of anilines is 1. The first-order valence-corrected chi connectivity index (χ1v) is 13.4. The van der Waals surface area contributed by atoms with Gasteiger partial charge in [-0.2, -0.15) is 0 Å². The summed E-state index contributed by atoms with van der Waals surface area (Å²) in [7, 11) is 3.11. The van der Waals surface area contributed by atoms with E-state index >= 15 is 0 Å². The van der Waals surface area contributed by atoms with Gasteiger partial charge in [0.1, 0.15) is 11.4 Å². The van der Waals surface area contributed by atoms with E-state index in [0.29, 0.717) is 56.3 Å². The zero-order valence-electron chi connectivity index (χ0n) is 22.3. The number of amides is 1. The molecule has 0 fully saturated rings. The van der Waals surface area contributed by atoms with Gasteiger partial charge in [-0.3, -0.25) is 10.1 Å². The number of ether oxygens (including phenoxy) is 3. The Morgan fingerprint density at radius 2 is 1.55 bits per heavy atom. The number of rotatable bonds is 9. The molecule has 1 N–H and O–H groups in total. The third-order valence-electron chi connectivity index (χ3n) is 6.17. The molecule has 4 aromatic heterocycles. The summed E-state index contributed by atoms with van der Waals surface area (Å²) in [5.41, 5.74) is 3.61. The van der Waals surface area contributed by atoms with Gasteiger partial charge >= 0.3 is 5.97 Å². The summed E-state index contributed by atoms with van der Waals surface area (Å²) in [5.74, 6) is 0.976.